The van der Waals surface area contributed by atoms with Gasteiger partial charge in [0.05, 0.1) is 0 Å². The summed E-state index contributed by atoms with van der Waals surface area (Å²) in [4.78, 5) is 12.2. The van der Waals surface area contributed by atoms with E-state index in [1.807, 2.05) is 36.4 Å². The number of nitrogens with one attached hydrogen (secondary N) is 1. The van der Waals surface area contributed by atoms with E-state index in [2.05, 4.69) is 17.4 Å². The number of nitrogens with two attached hydrogens (primary N) is 1. The average molecular weight is 250 g/mol. The predicted octanol–water partition coefficient (Wildman–Crippen LogP) is 1.62. The van der Waals surface area contributed by atoms with Gasteiger partial charge >= 0.3 is 0 Å². The molecule has 19 heavy (non-hydrogen) atoms. The average Bonchev–Trinajstić information content (AvgIpc) is 2.71. The molecule has 0 saturated heterocycles. The quantitative estimate of drug-likeness (QED) is 0.808. The molecule has 2 aliphatic heterocycles. The Morgan fingerprint density at radius 2 is 1.79 bits per heavy atom. The fourth-order valence-electron chi connectivity index (χ4n) is 3.56. The molecule has 3 nitrogen and oxygen atoms in total. The largest absolute Gasteiger partial charge is 0.367 e. The molecule has 2 heterocycles. The maximum absolute atomic E-state index is 12.2. The molecule has 2 aromatic rings. The minimum atomic E-state index is -0.851. The molecule has 0 spiro atoms. The standard InChI is InChI=1S/C16H14N2O/c17-15(19)16-12-7-3-1-5-10(12)9-14(18-16)11-6-2-4-8-13(11)16/h1-8,14,18H,9H2,(H2,17,19)/t14-,16-/m0/s1. The lowest BCUT2D eigenvalue weighted by Crippen LogP contribution is -2.53. The highest BCUT2D eigenvalue weighted by molar-refractivity contribution is 5.93. The van der Waals surface area contributed by atoms with Crippen LogP contribution in [0.1, 0.15) is 28.3 Å². The third-order valence-corrected chi connectivity index (χ3v) is 4.35. The van der Waals surface area contributed by atoms with Crippen molar-refractivity contribution in [3.63, 3.8) is 0 Å². The lowest BCUT2D eigenvalue weighted by molar-refractivity contribution is -0.123. The van der Waals surface area contributed by atoms with E-state index < -0.39 is 5.54 Å². The Kier molecular flexibility index (Phi) is 1.96. The normalized spacial score (nSPS) is 26.6. The molecular weight excluding hydrogens is 236 g/mol. The Labute approximate surface area is 111 Å². The minimum Gasteiger partial charge on any atom is -0.367 e. The summed E-state index contributed by atoms with van der Waals surface area (Å²) in [5.74, 6) is -0.324. The van der Waals surface area contributed by atoms with Gasteiger partial charge in [0.1, 0.15) is 5.54 Å². The zero-order valence-corrected chi connectivity index (χ0v) is 10.4. The first-order valence-corrected chi connectivity index (χ1v) is 6.49. The number of fused-ring (bicyclic) bond motifs is 7. The van der Waals surface area contributed by atoms with Crippen molar-refractivity contribution in [3.05, 3.63) is 70.8 Å². The van der Waals surface area contributed by atoms with Gasteiger partial charge in [0.25, 0.3) is 0 Å². The molecule has 0 fully saturated rings. The number of hydrogen-bond acceptors (Lipinski definition) is 2. The van der Waals surface area contributed by atoms with Crippen molar-refractivity contribution in [2.75, 3.05) is 0 Å². The van der Waals surface area contributed by atoms with Crippen LogP contribution in [0.15, 0.2) is 48.5 Å². The number of hydrogen-bond donors (Lipinski definition) is 2. The van der Waals surface area contributed by atoms with E-state index in [1.165, 1.54) is 11.1 Å². The molecular formula is C16H14N2O. The minimum absolute atomic E-state index is 0.179. The zero-order chi connectivity index (χ0) is 13.0. The van der Waals surface area contributed by atoms with Gasteiger partial charge in [0.2, 0.25) is 5.91 Å². The van der Waals surface area contributed by atoms with Crippen LogP contribution in [-0.4, -0.2) is 5.91 Å². The first kappa shape index (κ1) is 10.8. The van der Waals surface area contributed by atoms with Crippen molar-refractivity contribution in [1.82, 2.24) is 5.32 Å². The Hall–Kier alpha value is -2.13. The second-order valence-corrected chi connectivity index (χ2v) is 5.26. The first-order chi connectivity index (χ1) is 9.23. The van der Waals surface area contributed by atoms with Crippen LogP contribution >= 0.6 is 0 Å². The van der Waals surface area contributed by atoms with E-state index >= 15 is 0 Å². The number of carbonyl (C=O) groups is 1. The fraction of sp³-hybridized carbons (Fsp3) is 0.188. The summed E-state index contributed by atoms with van der Waals surface area (Å²) >= 11 is 0. The summed E-state index contributed by atoms with van der Waals surface area (Å²) in [5.41, 5.74) is 9.33. The van der Waals surface area contributed by atoms with Crippen LogP contribution < -0.4 is 11.1 Å². The van der Waals surface area contributed by atoms with Crippen molar-refractivity contribution < 1.29 is 4.79 Å². The number of primary amides is 1. The molecule has 2 aromatic carbocycles. The second kappa shape index (κ2) is 3.45. The number of rotatable bonds is 1. The number of amides is 1. The third kappa shape index (κ3) is 1.18. The van der Waals surface area contributed by atoms with E-state index in [1.54, 1.807) is 0 Å². The Balaban J connectivity index is 2.10. The summed E-state index contributed by atoms with van der Waals surface area (Å²) in [7, 11) is 0. The molecule has 0 radical (unpaired) electrons. The van der Waals surface area contributed by atoms with Crippen LogP contribution in [0.25, 0.3) is 0 Å². The summed E-state index contributed by atoms with van der Waals surface area (Å²) in [6.07, 6.45) is 0.905. The Morgan fingerprint density at radius 1 is 1.11 bits per heavy atom. The van der Waals surface area contributed by atoms with Crippen LogP contribution in [0.3, 0.4) is 0 Å². The van der Waals surface area contributed by atoms with Gasteiger partial charge in [-0.25, -0.2) is 0 Å². The maximum atomic E-state index is 12.2. The Morgan fingerprint density at radius 3 is 2.58 bits per heavy atom. The monoisotopic (exact) mass is 250 g/mol. The highest BCUT2D eigenvalue weighted by atomic mass is 16.1. The maximum Gasteiger partial charge on any atom is 0.247 e. The first-order valence-electron chi connectivity index (χ1n) is 6.49. The summed E-state index contributed by atoms with van der Waals surface area (Å²) < 4.78 is 0. The van der Waals surface area contributed by atoms with Gasteiger partial charge in [-0.15, -0.1) is 0 Å². The molecule has 3 N–H and O–H groups in total. The van der Waals surface area contributed by atoms with Crippen molar-refractivity contribution in [2.24, 2.45) is 5.73 Å². The summed E-state index contributed by atoms with van der Waals surface area (Å²) in [6.45, 7) is 0. The van der Waals surface area contributed by atoms with E-state index in [4.69, 9.17) is 5.73 Å². The van der Waals surface area contributed by atoms with Crippen LogP contribution in [-0.2, 0) is 16.8 Å². The highest BCUT2D eigenvalue weighted by Gasteiger charge is 2.52. The molecule has 94 valence electrons. The number of carbonyl (C=O) groups excluding carboxylic acids is 1. The molecule has 1 amide bonds. The Bertz CT molecular complexity index is 682. The highest BCUT2D eigenvalue weighted by Crippen LogP contribution is 2.48. The molecule has 2 aliphatic rings. The smallest absolute Gasteiger partial charge is 0.247 e. The topological polar surface area (TPSA) is 55.1 Å². The predicted molar refractivity (Wildman–Crippen MR) is 72.4 cm³/mol. The molecule has 3 heteroatoms. The van der Waals surface area contributed by atoms with E-state index in [0.29, 0.717) is 0 Å². The van der Waals surface area contributed by atoms with Gasteiger partial charge in [-0.1, -0.05) is 48.5 Å². The van der Waals surface area contributed by atoms with Crippen LogP contribution in [0.4, 0.5) is 0 Å². The summed E-state index contributed by atoms with van der Waals surface area (Å²) in [6, 6.07) is 16.3. The third-order valence-electron chi connectivity index (χ3n) is 4.35. The lowest BCUT2D eigenvalue weighted by Gasteiger charge is -2.34. The molecule has 2 atom stereocenters. The van der Waals surface area contributed by atoms with Crippen molar-refractivity contribution in [1.29, 1.82) is 0 Å². The van der Waals surface area contributed by atoms with Crippen molar-refractivity contribution >= 4 is 5.91 Å². The molecule has 0 aliphatic carbocycles. The van der Waals surface area contributed by atoms with E-state index in [9.17, 15) is 4.79 Å². The molecule has 0 saturated carbocycles. The second-order valence-electron chi connectivity index (χ2n) is 5.26. The van der Waals surface area contributed by atoms with Crippen LogP contribution in [0.2, 0.25) is 0 Å². The SMILES string of the molecule is NC(=O)[C@]12N[C@@H](Cc3ccccc31)c1ccccc12. The van der Waals surface area contributed by atoms with Gasteiger partial charge in [0, 0.05) is 6.04 Å². The number of benzene rings is 2. The van der Waals surface area contributed by atoms with Crippen LogP contribution in [0, 0.1) is 0 Å². The molecule has 4 rings (SSSR count). The van der Waals surface area contributed by atoms with Crippen LogP contribution in [0.5, 0.6) is 0 Å². The molecule has 2 bridgehead atoms. The lowest BCUT2D eigenvalue weighted by atomic mass is 9.80. The van der Waals surface area contributed by atoms with Gasteiger partial charge in [-0.2, -0.15) is 0 Å². The summed E-state index contributed by atoms with van der Waals surface area (Å²) in [5, 5.41) is 3.45. The zero-order valence-electron chi connectivity index (χ0n) is 10.4. The van der Waals surface area contributed by atoms with Crippen molar-refractivity contribution in [2.45, 2.75) is 18.0 Å². The molecule has 0 unspecified atom stereocenters. The van der Waals surface area contributed by atoms with E-state index in [-0.39, 0.29) is 11.9 Å². The van der Waals surface area contributed by atoms with Gasteiger partial charge < -0.3 is 5.73 Å². The molecule has 0 aromatic heterocycles. The van der Waals surface area contributed by atoms with Crippen molar-refractivity contribution in [3.8, 4) is 0 Å². The van der Waals surface area contributed by atoms with Gasteiger partial charge in [0.15, 0.2) is 0 Å². The van der Waals surface area contributed by atoms with E-state index in [0.717, 1.165) is 17.5 Å². The van der Waals surface area contributed by atoms with Gasteiger partial charge in [-0.3, -0.25) is 10.1 Å². The fourth-order valence-corrected chi connectivity index (χ4v) is 3.56. The van der Waals surface area contributed by atoms with Gasteiger partial charge in [-0.05, 0) is 28.7 Å².